The summed E-state index contributed by atoms with van der Waals surface area (Å²) in [5, 5.41) is 3.90. The third kappa shape index (κ3) is 3.93. The van der Waals surface area contributed by atoms with E-state index in [4.69, 9.17) is 4.52 Å². The van der Waals surface area contributed by atoms with Crippen LogP contribution in [0.2, 0.25) is 0 Å². The van der Waals surface area contributed by atoms with Crippen molar-refractivity contribution in [1.29, 1.82) is 0 Å². The van der Waals surface area contributed by atoms with E-state index in [0.29, 0.717) is 24.7 Å². The summed E-state index contributed by atoms with van der Waals surface area (Å²) >= 11 is 1.64. The third-order valence-corrected chi connectivity index (χ3v) is 5.55. The fourth-order valence-corrected chi connectivity index (χ4v) is 4.42. The molecule has 2 heterocycles. The SMILES string of the molecule is CCN(Cc1nc(CSC)no1)[C@H]1CCS(=O)(=O)C1. The van der Waals surface area contributed by atoms with Crippen LogP contribution in [0.1, 0.15) is 25.1 Å². The molecule has 6 nitrogen and oxygen atoms in total. The first-order valence-corrected chi connectivity index (χ1v) is 9.50. The molecule has 8 heteroatoms. The van der Waals surface area contributed by atoms with Gasteiger partial charge in [-0.25, -0.2) is 8.42 Å². The van der Waals surface area contributed by atoms with Gasteiger partial charge in [-0.3, -0.25) is 4.90 Å². The van der Waals surface area contributed by atoms with Gasteiger partial charge in [0.15, 0.2) is 15.7 Å². The second-order valence-corrected chi connectivity index (χ2v) is 7.75. The molecule has 0 unspecified atom stereocenters. The van der Waals surface area contributed by atoms with Gasteiger partial charge >= 0.3 is 0 Å². The average molecular weight is 305 g/mol. The molecule has 0 spiro atoms. The quantitative estimate of drug-likeness (QED) is 0.774. The molecule has 1 atom stereocenters. The summed E-state index contributed by atoms with van der Waals surface area (Å²) < 4.78 is 28.2. The van der Waals surface area contributed by atoms with Crippen molar-refractivity contribution in [2.75, 3.05) is 24.3 Å². The van der Waals surface area contributed by atoms with Gasteiger partial charge in [0.25, 0.3) is 0 Å². The zero-order valence-corrected chi connectivity index (χ0v) is 12.8. The molecule has 1 saturated heterocycles. The summed E-state index contributed by atoms with van der Waals surface area (Å²) in [5.41, 5.74) is 0. The van der Waals surface area contributed by atoms with E-state index in [1.54, 1.807) is 11.8 Å². The van der Waals surface area contributed by atoms with E-state index in [0.717, 1.165) is 12.3 Å². The first-order valence-electron chi connectivity index (χ1n) is 6.29. The largest absolute Gasteiger partial charge is 0.338 e. The number of aromatic nitrogens is 2. The Morgan fingerprint density at radius 3 is 2.89 bits per heavy atom. The molecule has 1 aromatic heterocycles. The molecular weight excluding hydrogens is 286 g/mol. The van der Waals surface area contributed by atoms with Gasteiger partial charge in [-0.2, -0.15) is 16.7 Å². The Kier molecular flexibility index (Phi) is 4.86. The Morgan fingerprint density at radius 2 is 2.32 bits per heavy atom. The van der Waals surface area contributed by atoms with Crippen LogP contribution in [0.25, 0.3) is 0 Å². The second-order valence-electron chi connectivity index (χ2n) is 4.66. The summed E-state index contributed by atoms with van der Waals surface area (Å²) in [7, 11) is -2.86. The molecule has 0 bridgehead atoms. The predicted octanol–water partition coefficient (Wildman–Crippen LogP) is 0.942. The van der Waals surface area contributed by atoms with Crippen molar-refractivity contribution in [3.63, 3.8) is 0 Å². The van der Waals surface area contributed by atoms with E-state index in [9.17, 15) is 8.42 Å². The minimum atomic E-state index is -2.86. The van der Waals surface area contributed by atoms with Crippen LogP contribution in [0.3, 0.4) is 0 Å². The van der Waals surface area contributed by atoms with E-state index in [2.05, 4.69) is 15.0 Å². The number of hydrogen-bond acceptors (Lipinski definition) is 7. The van der Waals surface area contributed by atoms with Crippen molar-refractivity contribution in [2.24, 2.45) is 0 Å². The molecule has 108 valence electrons. The van der Waals surface area contributed by atoms with Gasteiger partial charge in [0.1, 0.15) is 0 Å². The van der Waals surface area contributed by atoms with Crippen LogP contribution in [-0.4, -0.2) is 53.8 Å². The number of hydrogen-bond donors (Lipinski definition) is 0. The normalized spacial score (nSPS) is 22.2. The number of sulfone groups is 1. The number of nitrogens with zero attached hydrogens (tertiary/aromatic N) is 3. The second kappa shape index (κ2) is 6.23. The Bertz CT molecular complexity index is 515. The van der Waals surface area contributed by atoms with Crippen molar-refractivity contribution in [3.05, 3.63) is 11.7 Å². The first-order chi connectivity index (χ1) is 9.04. The molecule has 0 amide bonds. The third-order valence-electron chi connectivity index (χ3n) is 3.25. The zero-order chi connectivity index (χ0) is 13.9. The van der Waals surface area contributed by atoms with Gasteiger partial charge in [0.05, 0.1) is 23.8 Å². The van der Waals surface area contributed by atoms with Crippen molar-refractivity contribution in [3.8, 4) is 0 Å². The van der Waals surface area contributed by atoms with Crippen LogP contribution >= 0.6 is 11.8 Å². The maximum absolute atomic E-state index is 11.5. The topological polar surface area (TPSA) is 76.3 Å². The molecule has 0 radical (unpaired) electrons. The fraction of sp³-hybridized carbons (Fsp3) is 0.818. The maximum atomic E-state index is 11.5. The smallest absolute Gasteiger partial charge is 0.240 e. The predicted molar refractivity (Wildman–Crippen MR) is 74.7 cm³/mol. The Morgan fingerprint density at radius 1 is 1.53 bits per heavy atom. The Labute approximate surface area is 117 Å². The molecule has 1 aromatic rings. The average Bonchev–Trinajstić information content (AvgIpc) is 2.93. The van der Waals surface area contributed by atoms with Crippen molar-refractivity contribution in [1.82, 2.24) is 15.0 Å². The summed E-state index contributed by atoms with van der Waals surface area (Å²) in [4.78, 5) is 6.40. The molecule has 1 aliphatic heterocycles. The molecule has 0 N–H and O–H groups in total. The highest BCUT2D eigenvalue weighted by Crippen LogP contribution is 2.19. The summed E-state index contributed by atoms with van der Waals surface area (Å²) in [6.45, 7) is 3.32. The lowest BCUT2D eigenvalue weighted by molar-refractivity contribution is 0.186. The summed E-state index contributed by atoms with van der Waals surface area (Å²) in [5.74, 6) is 2.52. The molecule has 0 saturated carbocycles. The van der Waals surface area contributed by atoms with Gasteiger partial charge in [-0.1, -0.05) is 12.1 Å². The highest BCUT2D eigenvalue weighted by atomic mass is 32.2. The lowest BCUT2D eigenvalue weighted by atomic mass is 10.2. The van der Waals surface area contributed by atoms with Gasteiger partial charge in [0, 0.05) is 6.04 Å². The monoisotopic (exact) mass is 305 g/mol. The fourth-order valence-electron chi connectivity index (χ4n) is 2.28. The minimum absolute atomic E-state index is 0.0749. The Hall–Kier alpha value is -0.600. The van der Waals surface area contributed by atoms with E-state index < -0.39 is 9.84 Å². The van der Waals surface area contributed by atoms with Crippen molar-refractivity contribution in [2.45, 2.75) is 31.7 Å². The first kappa shape index (κ1) is 14.8. The van der Waals surface area contributed by atoms with Crippen LogP contribution < -0.4 is 0 Å². The van der Waals surface area contributed by atoms with Crippen LogP contribution in [-0.2, 0) is 22.1 Å². The van der Waals surface area contributed by atoms with Crippen LogP contribution in [0.5, 0.6) is 0 Å². The standard InChI is InChI=1S/C11H19N3O3S2/c1-3-14(9-4-5-19(15,16)8-9)6-11-12-10(7-18-2)13-17-11/h9H,3-8H2,1-2H3/t9-/m0/s1. The number of thioether (sulfide) groups is 1. The highest BCUT2D eigenvalue weighted by molar-refractivity contribution is 7.97. The lowest BCUT2D eigenvalue weighted by Gasteiger charge is -2.24. The van der Waals surface area contributed by atoms with Gasteiger partial charge in [-0.05, 0) is 19.2 Å². The molecular formula is C11H19N3O3S2. The van der Waals surface area contributed by atoms with Crippen LogP contribution in [0.15, 0.2) is 4.52 Å². The maximum Gasteiger partial charge on any atom is 0.240 e. The van der Waals surface area contributed by atoms with Gasteiger partial charge < -0.3 is 4.52 Å². The van der Waals surface area contributed by atoms with E-state index in [1.165, 1.54) is 0 Å². The van der Waals surface area contributed by atoms with Gasteiger partial charge in [-0.15, -0.1) is 0 Å². The zero-order valence-electron chi connectivity index (χ0n) is 11.2. The molecule has 1 aliphatic rings. The highest BCUT2D eigenvalue weighted by Gasteiger charge is 2.32. The molecule has 0 aliphatic carbocycles. The molecule has 2 rings (SSSR count). The molecule has 19 heavy (non-hydrogen) atoms. The van der Waals surface area contributed by atoms with Crippen LogP contribution in [0, 0.1) is 0 Å². The van der Waals surface area contributed by atoms with Gasteiger partial charge in [0.2, 0.25) is 5.89 Å². The van der Waals surface area contributed by atoms with Crippen molar-refractivity contribution >= 4 is 21.6 Å². The Balaban J connectivity index is 1.98. The molecule has 0 aromatic carbocycles. The van der Waals surface area contributed by atoms with E-state index in [1.807, 2.05) is 13.2 Å². The molecule has 1 fully saturated rings. The summed E-state index contributed by atoms with van der Waals surface area (Å²) in [6.07, 6.45) is 2.68. The number of rotatable bonds is 6. The van der Waals surface area contributed by atoms with Crippen molar-refractivity contribution < 1.29 is 12.9 Å². The van der Waals surface area contributed by atoms with E-state index in [-0.39, 0.29) is 17.5 Å². The lowest BCUT2D eigenvalue weighted by Crippen LogP contribution is -2.35. The minimum Gasteiger partial charge on any atom is -0.338 e. The summed E-state index contributed by atoms with van der Waals surface area (Å²) in [6, 6.07) is 0.0749. The van der Waals surface area contributed by atoms with Crippen LogP contribution in [0.4, 0.5) is 0 Å². The van der Waals surface area contributed by atoms with E-state index >= 15 is 0 Å².